The lowest BCUT2D eigenvalue weighted by Gasteiger charge is -2.12. The zero-order valence-corrected chi connectivity index (χ0v) is 13.8. The fraction of sp³-hybridized carbons (Fsp3) is 0.500. The molecule has 0 atom stereocenters. The summed E-state index contributed by atoms with van der Waals surface area (Å²) in [6, 6.07) is 5.85. The molecule has 1 aromatic carbocycles. The molecule has 1 aromatic rings. The SMILES string of the molecule is CC(C)COCCCNc1cc(Br)ccc1C(N)=S. The van der Waals surface area contributed by atoms with E-state index in [1.54, 1.807) is 0 Å². The minimum atomic E-state index is 0.408. The minimum absolute atomic E-state index is 0.408. The van der Waals surface area contributed by atoms with E-state index in [2.05, 4.69) is 35.1 Å². The van der Waals surface area contributed by atoms with Crippen LogP contribution in [0.4, 0.5) is 5.69 Å². The molecule has 1 rings (SSSR count). The van der Waals surface area contributed by atoms with E-state index in [9.17, 15) is 0 Å². The second-order valence-corrected chi connectivity index (χ2v) is 6.16. The molecule has 0 amide bonds. The van der Waals surface area contributed by atoms with Gasteiger partial charge in [-0.05, 0) is 30.5 Å². The molecule has 19 heavy (non-hydrogen) atoms. The predicted molar refractivity (Wildman–Crippen MR) is 88.8 cm³/mol. The molecule has 5 heteroatoms. The van der Waals surface area contributed by atoms with Gasteiger partial charge in [-0.1, -0.05) is 42.0 Å². The largest absolute Gasteiger partial charge is 0.389 e. The molecule has 0 saturated carbocycles. The Morgan fingerprint density at radius 3 is 2.84 bits per heavy atom. The van der Waals surface area contributed by atoms with E-state index in [0.29, 0.717) is 10.9 Å². The van der Waals surface area contributed by atoms with Gasteiger partial charge in [0.05, 0.1) is 0 Å². The van der Waals surface area contributed by atoms with Gasteiger partial charge >= 0.3 is 0 Å². The number of rotatable bonds is 8. The summed E-state index contributed by atoms with van der Waals surface area (Å²) in [5.41, 5.74) is 7.54. The normalized spacial score (nSPS) is 10.7. The van der Waals surface area contributed by atoms with Crippen LogP contribution >= 0.6 is 28.1 Å². The Bertz CT molecular complexity index is 424. The van der Waals surface area contributed by atoms with Crippen molar-refractivity contribution < 1.29 is 4.74 Å². The maximum Gasteiger partial charge on any atom is 0.106 e. The maximum absolute atomic E-state index is 5.70. The second-order valence-electron chi connectivity index (χ2n) is 4.80. The van der Waals surface area contributed by atoms with Gasteiger partial charge < -0.3 is 15.8 Å². The van der Waals surface area contributed by atoms with E-state index < -0.39 is 0 Å². The molecule has 0 fully saturated rings. The van der Waals surface area contributed by atoms with E-state index in [1.807, 2.05) is 18.2 Å². The molecule has 0 aliphatic carbocycles. The lowest BCUT2D eigenvalue weighted by atomic mass is 10.1. The number of nitrogens with two attached hydrogens (primary N) is 1. The Morgan fingerprint density at radius 1 is 1.47 bits per heavy atom. The fourth-order valence-electron chi connectivity index (χ4n) is 1.59. The van der Waals surface area contributed by atoms with E-state index in [-0.39, 0.29) is 0 Å². The van der Waals surface area contributed by atoms with E-state index in [4.69, 9.17) is 22.7 Å². The first kappa shape index (κ1) is 16.4. The monoisotopic (exact) mass is 344 g/mol. The first-order valence-corrected chi connectivity index (χ1v) is 7.61. The van der Waals surface area contributed by atoms with Gasteiger partial charge in [0.25, 0.3) is 0 Å². The van der Waals surface area contributed by atoms with Gasteiger partial charge in [-0.15, -0.1) is 0 Å². The lowest BCUT2D eigenvalue weighted by molar-refractivity contribution is 0.110. The number of hydrogen-bond acceptors (Lipinski definition) is 3. The molecule has 0 aliphatic heterocycles. The molecular weight excluding hydrogens is 324 g/mol. The molecular formula is C14H21BrN2OS. The molecule has 0 unspecified atom stereocenters. The number of nitrogens with one attached hydrogen (secondary N) is 1. The Morgan fingerprint density at radius 2 is 2.21 bits per heavy atom. The molecule has 0 bridgehead atoms. The van der Waals surface area contributed by atoms with Crippen LogP contribution in [0.3, 0.4) is 0 Å². The van der Waals surface area contributed by atoms with Crippen LogP contribution in [0.25, 0.3) is 0 Å². The Balaban J connectivity index is 2.40. The second kappa shape index (κ2) is 8.51. The zero-order chi connectivity index (χ0) is 14.3. The van der Waals surface area contributed by atoms with Crippen LogP contribution in [0.15, 0.2) is 22.7 Å². The maximum atomic E-state index is 5.70. The van der Waals surface area contributed by atoms with Crippen LogP contribution in [0, 0.1) is 5.92 Å². The topological polar surface area (TPSA) is 47.3 Å². The number of ether oxygens (including phenoxy) is 1. The molecule has 0 aliphatic rings. The van der Waals surface area contributed by atoms with Crippen molar-refractivity contribution in [2.45, 2.75) is 20.3 Å². The first-order valence-electron chi connectivity index (χ1n) is 6.41. The predicted octanol–water partition coefficient (Wildman–Crippen LogP) is 3.56. The third-order valence-electron chi connectivity index (χ3n) is 2.48. The summed E-state index contributed by atoms with van der Waals surface area (Å²) in [6.07, 6.45) is 0.954. The summed E-state index contributed by atoms with van der Waals surface area (Å²) in [5, 5.41) is 3.35. The van der Waals surface area contributed by atoms with Gasteiger partial charge in [0.2, 0.25) is 0 Å². The van der Waals surface area contributed by atoms with Crippen molar-refractivity contribution in [1.82, 2.24) is 0 Å². The number of thiocarbonyl (C=S) groups is 1. The summed E-state index contributed by atoms with van der Waals surface area (Å²) in [7, 11) is 0. The molecule has 3 N–H and O–H groups in total. The van der Waals surface area contributed by atoms with Crippen molar-refractivity contribution in [3.8, 4) is 0 Å². The van der Waals surface area contributed by atoms with Crippen LogP contribution in [-0.4, -0.2) is 24.7 Å². The number of benzene rings is 1. The van der Waals surface area contributed by atoms with E-state index in [1.165, 1.54) is 0 Å². The van der Waals surface area contributed by atoms with Crippen molar-refractivity contribution in [2.75, 3.05) is 25.1 Å². The van der Waals surface area contributed by atoms with Crippen molar-refractivity contribution in [2.24, 2.45) is 11.7 Å². The van der Waals surface area contributed by atoms with Crippen LogP contribution < -0.4 is 11.1 Å². The van der Waals surface area contributed by atoms with Gasteiger partial charge in [0.1, 0.15) is 4.99 Å². The number of anilines is 1. The van der Waals surface area contributed by atoms with E-state index >= 15 is 0 Å². The van der Waals surface area contributed by atoms with Gasteiger partial charge in [-0.3, -0.25) is 0 Å². The van der Waals surface area contributed by atoms with Crippen LogP contribution in [0.2, 0.25) is 0 Å². The third kappa shape index (κ3) is 6.36. The van der Waals surface area contributed by atoms with Crippen LogP contribution in [-0.2, 0) is 4.74 Å². The van der Waals surface area contributed by atoms with Gasteiger partial charge in [0.15, 0.2) is 0 Å². The Kier molecular flexibility index (Phi) is 7.34. The fourth-order valence-corrected chi connectivity index (χ4v) is 2.13. The average Bonchev–Trinajstić information content (AvgIpc) is 2.33. The van der Waals surface area contributed by atoms with Crippen molar-refractivity contribution >= 4 is 38.8 Å². The summed E-state index contributed by atoms with van der Waals surface area (Å²) in [4.78, 5) is 0.408. The molecule has 0 spiro atoms. The van der Waals surface area contributed by atoms with Gasteiger partial charge in [0, 0.05) is 35.5 Å². The van der Waals surface area contributed by atoms with Gasteiger partial charge in [-0.25, -0.2) is 0 Å². The quantitative estimate of drug-likeness (QED) is 0.559. The molecule has 0 saturated heterocycles. The number of halogens is 1. The third-order valence-corrected chi connectivity index (χ3v) is 3.19. The average molecular weight is 345 g/mol. The summed E-state index contributed by atoms with van der Waals surface area (Å²) in [6.45, 7) is 6.71. The molecule has 3 nitrogen and oxygen atoms in total. The Labute approximate surface area is 129 Å². The van der Waals surface area contributed by atoms with Crippen LogP contribution in [0.5, 0.6) is 0 Å². The van der Waals surface area contributed by atoms with E-state index in [0.717, 1.165) is 41.9 Å². The lowest BCUT2D eigenvalue weighted by Crippen LogP contribution is -2.14. The van der Waals surface area contributed by atoms with Crippen molar-refractivity contribution in [3.63, 3.8) is 0 Å². The number of hydrogen-bond donors (Lipinski definition) is 2. The highest BCUT2D eigenvalue weighted by molar-refractivity contribution is 9.10. The summed E-state index contributed by atoms with van der Waals surface area (Å²) < 4.78 is 6.54. The highest BCUT2D eigenvalue weighted by Gasteiger charge is 2.05. The zero-order valence-electron chi connectivity index (χ0n) is 11.4. The van der Waals surface area contributed by atoms with Crippen molar-refractivity contribution in [3.05, 3.63) is 28.2 Å². The molecule has 0 radical (unpaired) electrons. The molecule has 0 aromatic heterocycles. The van der Waals surface area contributed by atoms with Gasteiger partial charge in [-0.2, -0.15) is 0 Å². The highest BCUT2D eigenvalue weighted by Crippen LogP contribution is 2.21. The minimum Gasteiger partial charge on any atom is -0.389 e. The Hall–Kier alpha value is -0.650. The highest BCUT2D eigenvalue weighted by atomic mass is 79.9. The summed E-state index contributed by atoms with van der Waals surface area (Å²) >= 11 is 8.49. The summed E-state index contributed by atoms with van der Waals surface area (Å²) in [5.74, 6) is 0.583. The smallest absolute Gasteiger partial charge is 0.106 e. The molecule has 0 heterocycles. The van der Waals surface area contributed by atoms with Crippen molar-refractivity contribution in [1.29, 1.82) is 0 Å². The van der Waals surface area contributed by atoms with Crippen LogP contribution in [0.1, 0.15) is 25.8 Å². The first-order chi connectivity index (χ1) is 9.00. The molecule has 106 valence electrons. The standard InChI is InChI=1S/C14H21BrN2OS/c1-10(2)9-18-7-3-6-17-13-8-11(15)4-5-12(13)14(16)19/h4-5,8,10,17H,3,6-7,9H2,1-2H3,(H2,16,19).